The van der Waals surface area contributed by atoms with E-state index in [4.69, 9.17) is 9.47 Å². The Labute approximate surface area is 226 Å². The molecule has 39 heavy (non-hydrogen) atoms. The maximum absolute atomic E-state index is 14.2. The molecule has 1 unspecified atom stereocenters. The smallest absolute Gasteiger partial charge is 0.294 e. The topological polar surface area (TPSA) is 105 Å². The minimum Gasteiger partial charge on any atom is -0.503 e. The molecule has 2 aliphatic rings. The molecule has 1 amide bonds. The molecule has 0 saturated heterocycles. The van der Waals surface area contributed by atoms with Crippen LogP contribution in [0.25, 0.3) is 21.5 Å². The van der Waals surface area contributed by atoms with Crippen LogP contribution >= 0.6 is 11.3 Å². The maximum Gasteiger partial charge on any atom is 0.294 e. The molecule has 0 spiro atoms. The minimum absolute atomic E-state index is 0.00813. The fourth-order valence-corrected chi connectivity index (χ4v) is 6.21. The molecule has 192 valence electrons. The summed E-state index contributed by atoms with van der Waals surface area (Å²) in [6.45, 7) is 1.85. The number of aromatic nitrogens is 2. The van der Waals surface area contributed by atoms with Gasteiger partial charge in [0.15, 0.2) is 17.3 Å². The SMILES string of the molecule is Cc1nc(-c2ccccc2)sc1C(=O)C1=C(O)C(=O)N(c2ccc3c(c2)OCO3)C1c1c[nH]c2ccccc12. The Morgan fingerprint density at radius 3 is 2.67 bits per heavy atom. The van der Waals surface area contributed by atoms with Crippen molar-refractivity contribution in [2.24, 2.45) is 0 Å². The molecule has 2 aromatic heterocycles. The van der Waals surface area contributed by atoms with E-state index in [9.17, 15) is 14.7 Å². The van der Waals surface area contributed by atoms with Crippen LogP contribution in [0.3, 0.4) is 0 Å². The van der Waals surface area contributed by atoms with Gasteiger partial charge in [-0.1, -0.05) is 48.5 Å². The van der Waals surface area contributed by atoms with Crippen molar-refractivity contribution in [2.45, 2.75) is 13.0 Å². The number of ketones is 1. The molecule has 1 atom stereocenters. The molecule has 9 heteroatoms. The number of hydrogen-bond donors (Lipinski definition) is 2. The minimum atomic E-state index is -0.886. The first-order valence-electron chi connectivity index (χ1n) is 12.3. The number of aliphatic hydroxyl groups is 1. The van der Waals surface area contributed by atoms with Gasteiger partial charge in [-0.2, -0.15) is 0 Å². The number of para-hydroxylation sites is 1. The average molecular weight is 536 g/mol. The highest BCUT2D eigenvalue weighted by atomic mass is 32.1. The fourth-order valence-electron chi connectivity index (χ4n) is 5.19. The molecule has 0 radical (unpaired) electrons. The Morgan fingerprint density at radius 1 is 1.05 bits per heavy atom. The lowest BCUT2D eigenvalue weighted by molar-refractivity contribution is -0.117. The third-order valence-corrected chi connectivity index (χ3v) is 8.23. The van der Waals surface area contributed by atoms with E-state index < -0.39 is 23.5 Å². The molecule has 0 saturated carbocycles. The van der Waals surface area contributed by atoms with Gasteiger partial charge in [-0.25, -0.2) is 4.98 Å². The zero-order valence-electron chi connectivity index (χ0n) is 20.7. The van der Waals surface area contributed by atoms with Gasteiger partial charge in [-0.05, 0) is 25.1 Å². The van der Waals surface area contributed by atoms with E-state index in [0.29, 0.717) is 38.3 Å². The maximum atomic E-state index is 14.2. The summed E-state index contributed by atoms with van der Waals surface area (Å²) >= 11 is 1.25. The van der Waals surface area contributed by atoms with Crippen molar-refractivity contribution in [3.63, 3.8) is 0 Å². The third kappa shape index (κ3) is 3.62. The predicted molar refractivity (Wildman–Crippen MR) is 147 cm³/mol. The van der Waals surface area contributed by atoms with Gasteiger partial charge in [0.05, 0.1) is 22.2 Å². The second kappa shape index (κ2) is 8.85. The fraction of sp³-hybridized carbons (Fsp3) is 0.100. The Hall–Kier alpha value is -4.89. The lowest BCUT2D eigenvalue weighted by Gasteiger charge is -2.26. The van der Waals surface area contributed by atoms with Crippen LogP contribution in [0.2, 0.25) is 0 Å². The summed E-state index contributed by atoms with van der Waals surface area (Å²) in [6.07, 6.45) is 1.78. The molecule has 7 rings (SSSR count). The summed E-state index contributed by atoms with van der Waals surface area (Å²) in [5, 5.41) is 12.8. The molecule has 8 nitrogen and oxygen atoms in total. The molecule has 2 N–H and O–H groups in total. The number of fused-ring (bicyclic) bond motifs is 2. The largest absolute Gasteiger partial charge is 0.503 e. The monoisotopic (exact) mass is 535 g/mol. The summed E-state index contributed by atoms with van der Waals surface area (Å²) in [4.78, 5) is 37.6. The number of amides is 1. The van der Waals surface area contributed by atoms with Crippen LogP contribution in [0, 0.1) is 6.92 Å². The zero-order valence-corrected chi connectivity index (χ0v) is 21.5. The number of aryl methyl sites for hydroxylation is 1. The number of aliphatic hydroxyl groups excluding tert-OH is 1. The van der Waals surface area contributed by atoms with Gasteiger partial charge in [0.2, 0.25) is 12.6 Å². The highest BCUT2D eigenvalue weighted by molar-refractivity contribution is 7.17. The van der Waals surface area contributed by atoms with Crippen LogP contribution in [-0.4, -0.2) is 33.6 Å². The zero-order chi connectivity index (χ0) is 26.7. The number of anilines is 1. The number of thiazole rings is 1. The van der Waals surface area contributed by atoms with Gasteiger partial charge in [-0.15, -0.1) is 11.3 Å². The first-order valence-corrected chi connectivity index (χ1v) is 13.1. The lowest BCUT2D eigenvalue weighted by Crippen LogP contribution is -2.31. The van der Waals surface area contributed by atoms with Gasteiger partial charge in [-0.3, -0.25) is 14.5 Å². The van der Waals surface area contributed by atoms with E-state index in [-0.39, 0.29) is 12.4 Å². The highest BCUT2D eigenvalue weighted by Gasteiger charge is 2.46. The number of carbonyl (C=O) groups excluding carboxylic acids is 2. The Kier molecular flexibility index (Phi) is 5.27. The second-order valence-electron chi connectivity index (χ2n) is 9.30. The van der Waals surface area contributed by atoms with E-state index >= 15 is 0 Å². The molecular weight excluding hydrogens is 514 g/mol. The van der Waals surface area contributed by atoms with Crippen molar-refractivity contribution in [3.8, 4) is 22.1 Å². The highest BCUT2D eigenvalue weighted by Crippen LogP contribution is 2.47. The van der Waals surface area contributed by atoms with Gasteiger partial charge in [0, 0.05) is 40.0 Å². The Bertz CT molecular complexity index is 1820. The Morgan fingerprint density at radius 2 is 1.82 bits per heavy atom. The van der Waals surface area contributed by atoms with Crippen molar-refractivity contribution in [2.75, 3.05) is 11.7 Å². The quantitative estimate of drug-likeness (QED) is 0.263. The number of carbonyl (C=O) groups is 2. The number of nitrogens with zero attached hydrogens (tertiary/aromatic N) is 2. The molecule has 0 bridgehead atoms. The number of aromatic amines is 1. The van der Waals surface area contributed by atoms with Crippen LogP contribution in [0.5, 0.6) is 11.5 Å². The molecule has 2 aliphatic heterocycles. The predicted octanol–water partition coefficient (Wildman–Crippen LogP) is 6.11. The Balaban J connectivity index is 1.39. The van der Waals surface area contributed by atoms with Crippen molar-refractivity contribution in [3.05, 3.63) is 106 Å². The number of Topliss-reactive ketones (excluding diaryl/α,β-unsaturated/α-hetero) is 1. The van der Waals surface area contributed by atoms with Crippen molar-refractivity contribution < 1.29 is 24.2 Å². The van der Waals surface area contributed by atoms with E-state index in [0.717, 1.165) is 16.5 Å². The van der Waals surface area contributed by atoms with E-state index in [2.05, 4.69) is 9.97 Å². The van der Waals surface area contributed by atoms with Crippen molar-refractivity contribution in [1.82, 2.24) is 9.97 Å². The number of ether oxygens (including phenoxy) is 2. The van der Waals surface area contributed by atoms with E-state index in [1.54, 1.807) is 31.3 Å². The van der Waals surface area contributed by atoms with Gasteiger partial charge >= 0.3 is 0 Å². The standard InChI is InChI=1S/C30H21N3O5S/c1-16-28(39-29(32-16)17-7-3-2-4-8-17)26(34)24-25(20-14-31-21-10-6-5-9-19(20)21)33(30(36)27(24)35)18-11-12-22-23(13-18)38-15-37-22/h2-14,25,31,35H,15H2,1H3. The molecule has 4 heterocycles. The molecule has 5 aromatic rings. The first-order chi connectivity index (χ1) is 19.0. The number of H-pyrrole nitrogens is 1. The van der Waals surface area contributed by atoms with Crippen LogP contribution in [0.15, 0.2) is 90.3 Å². The van der Waals surface area contributed by atoms with Crippen molar-refractivity contribution >= 4 is 39.6 Å². The molecule has 0 aliphatic carbocycles. The number of benzene rings is 3. The normalized spacial score (nSPS) is 16.5. The van der Waals surface area contributed by atoms with Gasteiger partial charge < -0.3 is 19.6 Å². The third-order valence-electron chi connectivity index (χ3n) is 7.03. The van der Waals surface area contributed by atoms with Crippen LogP contribution in [-0.2, 0) is 4.79 Å². The number of rotatable bonds is 5. The number of nitrogens with one attached hydrogen (secondary N) is 1. The van der Waals surface area contributed by atoms with Gasteiger partial charge in [0.1, 0.15) is 5.01 Å². The van der Waals surface area contributed by atoms with E-state index in [1.807, 2.05) is 54.6 Å². The van der Waals surface area contributed by atoms with Crippen LogP contribution in [0.4, 0.5) is 5.69 Å². The average Bonchev–Trinajstić information content (AvgIpc) is 3.74. The lowest BCUT2D eigenvalue weighted by atomic mass is 9.94. The van der Waals surface area contributed by atoms with Gasteiger partial charge in [0.25, 0.3) is 5.91 Å². The van der Waals surface area contributed by atoms with Crippen LogP contribution in [0.1, 0.15) is 27.0 Å². The van der Waals surface area contributed by atoms with E-state index in [1.165, 1.54) is 16.2 Å². The second-order valence-corrected chi connectivity index (χ2v) is 10.3. The summed E-state index contributed by atoms with van der Waals surface area (Å²) in [7, 11) is 0. The summed E-state index contributed by atoms with van der Waals surface area (Å²) in [5.74, 6) is -0.629. The molecular formula is C30H21N3O5S. The molecule has 3 aromatic carbocycles. The van der Waals surface area contributed by atoms with Crippen LogP contribution < -0.4 is 14.4 Å². The number of hydrogen-bond acceptors (Lipinski definition) is 7. The summed E-state index contributed by atoms with van der Waals surface area (Å²) in [6, 6.07) is 21.5. The summed E-state index contributed by atoms with van der Waals surface area (Å²) in [5.41, 5.74) is 3.45. The molecule has 0 fully saturated rings. The summed E-state index contributed by atoms with van der Waals surface area (Å²) < 4.78 is 11.0. The first kappa shape index (κ1) is 23.2. The van der Waals surface area contributed by atoms with Crippen molar-refractivity contribution in [1.29, 1.82) is 0 Å².